The zero-order valence-corrected chi connectivity index (χ0v) is 17.2. The lowest BCUT2D eigenvalue weighted by atomic mass is 9.95. The van der Waals surface area contributed by atoms with Crippen LogP contribution in [0, 0.1) is 5.92 Å². The molecule has 3 heterocycles. The molecule has 2 fully saturated rings. The Morgan fingerprint density at radius 2 is 2.14 bits per heavy atom. The molecule has 1 aliphatic carbocycles. The first-order chi connectivity index (χ1) is 13.7. The molecule has 5 rings (SSSR count). The fourth-order valence-electron chi connectivity index (χ4n) is 3.69. The number of fused-ring (bicyclic) bond motifs is 1. The van der Waals surface area contributed by atoms with Gasteiger partial charge in [0.2, 0.25) is 11.8 Å². The fourth-order valence-corrected chi connectivity index (χ4v) is 5.66. The van der Waals surface area contributed by atoms with Crippen molar-refractivity contribution < 1.29 is 9.32 Å². The molecule has 146 valence electrons. The monoisotopic (exact) mass is 414 g/mol. The Morgan fingerprint density at radius 3 is 3.00 bits per heavy atom. The van der Waals surface area contributed by atoms with Gasteiger partial charge < -0.3 is 9.42 Å². The Bertz CT molecular complexity index is 948. The largest absolute Gasteiger partial charge is 0.342 e. The van der Waals surface area contributed by atoms with E-state index < -0.39 is 0 Å². The van der Waals surface area contributed by atoms with Crippen molar-refractivity contribution in [2.75, 3.05) is 18.8 Å². The molecule has 1 saturated carbocycles. The first kappa shape index (κ1) is 18.1. The van der Waals surface area contributed by atoms with Gasteiger partial charge in [0, 0.05) is 25.4 Å². The van der Waals surface area contributed by atoms with Crippen LogP contribution in [0.15, 0.2) is 33.1 Å². The molecule has 0 spiro atoms. The number of carbonyl (C=O) groups is 1. The second-order valence-electron chi connectivity index (χ2n) is 7.61. The highest BCUT2D eigenvalue weighted by atomic mass is 32.2. The van der Waals surface area contributed by atoms with Gasteiger partial charge in [-0.15, -0.1) is 11.3 Å². The molecule has 1 atom stereocenters. The van der Waals surface area contributed by atoms with Crippen LogP contribution in [0.1, 0.15) is 43.3 Å². The quantitative estimate of drug-likeness (QED) is 0.565. The van der Waals surface area contributed by atoms with Gasteiger partial charge >= 0.3 is 0 Å². The molecule has 2 aromatic heterocycles. The maximum Gasteiger partial charge on any atom is 0.233 e. The van der Waals surface area contributed by atoms with E-state index in [9.17, 15) is 4.79 Å². The van der Waals surface area contributed by atoms with Gasteiger partial charge in [0.05, 0.1) is 16.0 Å². The van der Waals surface area contributed by atoms with Crippen LogP contribution < -0.4 is 0 Å². The van der Waals surface area contributed by atoms with Gasteiger partial charge in [0.25, 0.3) is 0 Å². The zero-order chi connectivity index (χ0) is 18.9. The number of likely N-dealkylation sites (tertiary alicyclic amines) is 1. The standard InChI is InChI=1S/C20H22N4O2S2/c25-18(12-27-20-21-15-5-1-2-6-16(15)28-20)24-9-3-4-13(11-24)10-17-22-19(23-26-17)14-7-8-14/h1-2,5-6,13-14H,3-4,7-12H2. The summed E-state index contributed by atoms with van der Waals surface area (Å²) >= 11 is 3.19. The average molecular weight is 415 g/mol. The Hall–Kier alpha value is -1.93. The van der Waals surface area contributed by atoms with Crippen molar-refractivity contribution in [3.05, 3.63) is 36.0 Å². The Balaban J connectivity index is 1.15. The molecular formula is C20H22N4O2S2. The second-order valence-corrected chi connectivity index (χ2v) is 9.86. The maximum absolute atomic E-state index is 12.7. The van der Waals surface area contributed by atoms with Crippen molar-refractivity contribution in [2.24, 2.45) is 5.92 Å². The van der Waals surface area contributed by atoms with Crippen LogP contribution in [-0.2, 0) is 11.2 Å². The number of hydrogen-bond acceptors (Lipinski definition) is 7. The maximum atomic E-state index is 12.7. The molecule has 28 heavy (non-hydrogen) atoms. The van der Waals surface area contributed by atoms with Crippen LogP contribution in [-0.4, -0.2) is 44.8 Å². The summed E-state index contributed by atoms with van der Waals surface area (Å²) < 4.78 is 7.55. The van der Waals surface area contributed by atoms with E-state index in [1.807, 2.05) is 23.1 Å². The SMILES string of the molecule is O=C(CSc1nc2ccccc2s1)N1CCCC(Cc2nc(C3CC3)no2)C1. The van der Waals surface area contributed by atoms with E-state index in [4.69, 9.17) is 4.52 Å². The van der Waals surface area contributed by atoms with Gasteiger partial charge in [-0.25, -0.2) is 4.98 Å². The number of hydrogen-bond donors (Lipinski definition) is 0. The molecule has 1 amide bonds. The summed E-state index contributed by atoms with van der Waals surface area (Å²) in [7, 11) is 0. The summed E-state index contributed by atoms with van der Waals surface area (Å²) in [6.07, 6.45) is 5.27. The van der Waals surface area contributed by atoms with Crippen LogP contribution in [0.25, 0.3) is 10.2 Å². The van der Waals surface area contributed by atoms with Crippen LogP contribution >= 0.6 is 23.1 Å². The summed E-state index contributed by atoms with van der Waals surface area (Å²) in [5.74, 6) is 3.15. The molecule has 3 aromatic rings. The molecule has 1 aromatic carbocycles. The van der Waals surface area contributed by atoms with Crippen molar-refractivity contribution in [1.29, 1.82) is 0 Å². The van der Waals surface area contributed by atoms with E-state index in [0.29, 0.717) is 17.6 Å². The highest BCUT2D eigenvalue weighted by molar-refractivity contribution is 8.01. The number of aromatic nitrogens is 3. The Labute approximate surface area is 171 Å². The first-order valence-corrected chi connectivity index (χ1v) is 11.6. The third-order valence-electron chi connectivity index (χ3n) is 5.35. The second kappa shape index (κ2) is 7.83. The zero-order valence-electron chi connectivity index (χ0n) is 15.5. The molecule has 8 heteroatoms. The highest BCUT2D eigenvalue weighted by Gasteiger charge is 2.30. The van der Waals surface area contributed by atoms with E-state index in [-0.39, 0.29) is 5.91 Å². The number of piperidine rings is 1. The minimum Gasteiger partial charge on any atom is -0.342 e. The molecule has 6 nitrogen and oxygen atoms in total. The van der Waals surface area contributed by atoms with Crippen molar-refractivity contribution in [1.82, 2.24) is 20.0 Å². The Kier molecular flexibility index (Phi) is 5.07. The molecule has 0 radical (unpaired) electrons. The van der Waals surface area contributed by atoms with Gasteiger partial charge in [0.1, 0.15) is 0 Å². The van der Waals surface area contributed by atoms with Crippen LogP contribution in [0.3, 0.4) is 0 Å². The van der Waals surface area contributed by atoms with E-state index in [2.05, 4.69) is 21.2 Å². The minimum atomic E-state index is 0.193. The highest BCUT2D eigenvalue weighted by Crippen LogP contribution is 2.38. The third-order valence-corrected chi connectivity index (χ3v) is 7.52. The number of amides is 1. The Morgan fingerprint density at radius 1 is 1.25 bits per heavy atom. The molecule has 1 saturated heterocycles. The smallest absolute Gasteiger partial charge is 0.233 e. The molecular weight excluding hydrogens is 392 g/mol. The van der Waals surface area contributed by atoms with Gasteiger partial charge in [0.15, 0.2) is 10.2 Å². The van der Waals surface area contributed by atoms with Crippen LogP contribution in [0.2, 0.25) is 0 Å². The van der Waals surface area contributed by atoms with Gasteiger partial charge in [-0.3, -0.25) is 4.79 Å². The predicted molar refractivity (Wildman–Crippen MR) is 110 cm³/mol. The number of thioether (sulfide) groups is 1. The van der Waals surface area contributed by atoms with Crippen molar-refractivity contribution in [2.45, 2.75) is 42.4 Å². The topological polar surface area (TPSA) is 72.1 Å². The van der Waals surface area contributed by atoms with E-state index in [1.165, 1.54) is 17.5 Å². The molecule has 2 aliphatic rings. The lowest BCUT2D eigenvalue weighted by molar-refractivity contribution is -0.130. The lowest BCUT2D eigenvalue weighted by Gasteiger charge is -2.32. The number of rotatable bonds is 6. The molecule has 1 unspecified atom stereocenters. The summed E-state index contributed by atoms with van der Waals surface area (Å²) in [5.41, 5.74) is 1.01. The number of nitrogens with zero attached hydrogens (tertiary/aromatic N) is 4. The lowest BCUT2D eigenvalue weighted by Crippen LogP contribution is -2.41. The van der Waals surface area contributed by atoms with Gasteiger partial charge in [-0.05, 0) is 43.7 Å². The van der Waals surface area contributed by atoms with Crippen molar-refractivity contribution in [3.8, 4) is 0 Å². The number of benzene rings is 1. The van der Waals surface area contributed by atoms with Gasteiger partial charge in [-0.2, -0.15) is 4.98 Å². The predicted octanol–water partition coefficient (Wildman–Crippen LogP) is 4.13. The number of para-hydroxylation sites is 1. The van der Waals surface area contributed by atoms with E-state index in [1.54, 1.807) is 23.1 Å². The first-order valence-electron chi connectivity index (χ1n) is 9.83. The van der Waals surface area contributed by atoms with E-state index in [0.717, 1.165) is 53.9 Å². The number of carbonyl (C=O) groups excluding carboxylic acids is 1. The van der Waals surface area contributed by atoms with Crippen molar-refractivity contribution >= 4 is 39.2 Å². The summed E-state index contributed by atoms with van der Waals surface area (Å²) in [6, 6.07) is 8.09. The van der Waals surface area contributed by atoms with Crippen molar-refractivity contribution in [3.63, 3.8) is 0 Å². The summed E-state index contributed by atoms with van der Waals surface area (Å²) in [5, 5.41) is 4.10. The summed E-state index contributed by atoms with van der Waals surface area (Å²) in [6.45, 7) is 1.62. The minimum absolute atomic E-state index is 0.193. The average Bonchev–Trinajstić information content (AvgIpc) is 3.32. The fraction of sp³-hybridized carbons (Fsp3) is 0.500. The van der Waals surface area contributed by atoms with Gasteiger partial charge in [-0.1, -0.05) is 29.1 Å². The number of thiazole rings is 1. The molecule has 1 aliphatic heterocycles. The van der Waals surface area contributed by atoms with Crippen LogP contribution in [0.4, 0.5) is 0 Å². The molecule has 0 N–H and O–H groups in total. The van der Waals surface area contributed by atoms with Crippen LogP contribution in [0.5, 0.6) is 0 Å². The van der Waals surface area contributed by atoms with E-state index >= 15 is 0 Å². The molecule has 0 bridgehead atoms. The summed E-state index contributed by atoms with van der Waals surface area (Å²) in [4.78, 5) is 23.9. The normalized spacial score (nSPS) is 20.0. The third kappa shape index (κ3) is 4.07.